The lowest BCUT2D eigenvalue weighted by molar-refractivity contribution is -0.161. The minimum absolute atomic E-state index is 0.102. The Hall–Kier alpha value is -1.94. The first-order chi connectivity index (χ1) is 41.1. The van der Waals surface area contributed by atoms with Crippen molar-refractivity contribution in [2.45, 2.75) is 343 Å². The number of aliphatic hydroxyl groups excluding tert-OH is 1. The van der Waals surface area contributed by atoms with E-state index in [9.17, 15) is 43.2 Å². The van der Waals surface area contributed by atoms with Crippen LogP contribution in [-0.4, -0.2) is 96.7 Å². The Morgan fingerprint density at radius 1 is 0.326 bits per heavy atom. The van der Waals surface area contributed by atoms with E-state index in [-0.39, 0.29) is 25.7 Å². The molecule has 4 unspecified atom stereocenters. The van der Waals surface area contributed by atoms with Gasteiger partial charge < -0.3 is 33.8 Å². The summed E-state index contributed by atoms with van der Waals surface area (Å²) in [5, 5.41) is 10.6. The van der Waals surface area contributed by atoms with Gasteiger partial charge >= 0.3 is 39.5 Å². The van der Waals surface area contributed by atoms with Crippen molar-refractivity contribution in [1.29, 1.82) is 0 Å². The van der Waals surface area contributed by atoms with E-state index < -0.39 is 97.5 Å². The number of aliphatic hydroxyl groups is 1. The highest BCUT2D eigenvalue weighted by Gasteiger charge is 2.30. The third-order valence-electron chi connectivity index (χ3n) is 15.7. The molecule has 19 heteroatoms. The highest BCUT2D eigenvalue weighted by Crippen LogP contribution is 2.45. The number of unbranched alkanes of at least 4 members (excludes halogenated alkanes) is 29. The average molecular weight is 1270 g/mol. The third-order valence-corrected chi connectivity index (χ3v) is 17.6. The maximum Gasteiger partial charge on any atom is 0.472 e. The number of rotatable bonds is 64. The molecule has 0 rings (SSSR count). The maximum absolute atomic E-state index is 13.0. The van der Waals surface area contributed by atoms with E-state index in [1.165, 1.54) is 122 Å². The summed E-state index contributed by atoms with van der Waals surface area (Å²) in [4.78, 5) is 72.3. The molecular formula is C67H130O17P2. The first kappa shape index (κ1) is 84.1. The molecule has 0 amide bonds. The molecule has 0 aromatic carbocycles. The van der Waals surface area contributed by atoms with Crippen LogP contribution >= 0.6 is 15.6 Å². The van der Waals surface area contributed by atoms with Gasteiger partial charge in [0.25, 0.3) is 0 Å². The second kappa shape index (κ2) is 57.0. The number of hydrogen-bond acceptors (Lipinski definition) is 15. The first-order valence-corrected chi connectivity index (χ1v) is 37.7. The quantitative estimate of drug-likeness (QED) is 0.0222. The van der Waals surface area contributed by atoms with E-state index in [0.29, 0.717) is 31.6 Å². The molecular weight excluding hydrogens is 1140 g/mol. The molecule has 0 bridgehead atoms. The summed E-state index contributed by atoms with van der Waals surface area (Å²) in [7, 11) is -9.90. The molecule has 0 saturated carbocycles. The van der Waals surface area contributed by atoms with Crippen molar-refractivity contribution < 1.29 is 80.2 Å². The van der Waals surface area contributed by atoms with Crippen LogP contribution in [0.3, 0.4) is 0 Å². The molecule has 86 heavy (non-hydrogen) atoms. The lowest BCUT2D eigenvalue weighted by Crippen LogP contribution is -2.30. The van der Waals surface area contributed by atoms with Gasteiger partial charge in [-0.2, -0.15) is 0 Å². The van der Waals surface area contributed by atoms with Crippen LogP contribution in [0.2, 0.25) is 0 Å². The second-order valence-electron chi connectivity index (χ2n) is 25.9. The zero-order chi connectivity index (χ0) is 63.9. The third kappa shape index (κ3) is 59.7. The topological polar surface area (TPSA) is 237 Å². The molecule has 6 atom stereocenters. The van der Waals surface area contributed by atoms with E-state index in [1.807, 2.05) is 0 Å². The van der Waals surface area contributed by atoms with Crippen molar-refractivity contribution >= 4 is 39.5 Å². The Balaban J connectivity index is 5.25. The van der Waals surface area contributed by atoms with Crippen LogP contribution in [0.5, 0.6) is 0 Å². The molecule has 0 spiro atoms. The summed E-state index contributed by atoms with van der Waals surface area (Å²) >= 11 is 0. The monoisotopic (exact) mass is 1270 g/mol. The summed E-state index contributed by atoms with van der Waals surface area (Å²) in [5.41, 5.74) is 0. The van der Waals surface area contributed by atoms with Crippen LogP contribution in [-0.2, 0) is 65.4 Å². The fraction of sp³-hybridized carbons (Fsp3) is 0.940. The molecule has 0 aliphatic rings. The van der Waals surface area contributed by atoms with Gasteiger partial charge in [-0.1, -0.05) is 274 Å². The lowest BCUT2D eigenvalue weighted by Gasteiger charge is -2.21. The Morgan fingerprint density at radius 2 is 0.558 bits per heavy atom. The fourth-order valence-electron chi connectivity index (χ4n) is 9.93. The van der Waals surface area contributed by atoms with E-state index >= 15 is 0 Å². The summed E-state index contributed by atoms with van der Waals surface area (Å²) in [5.74, 6) is 0.793. The summed E-state index contributed by atoms with van der Waals surface area (Å²) in [6.45, 7) is 14.0. The van der Waals surface area contributed by atoms with Crippen LogP contribution in [0.1, 0.15) is 325 Å². The number of carbonyl (C=O) groups is 4. The zero-order valence-electron chi connectivity index (χ0n) is 55.9. The molecule has 3 N–H and O–H groups in total. The van der Waals surface area contributed by atoms with Crippen LogP contribution in [0, 0.1) is 23.7 Å². The molecule has 510 valence electrons. The van der Waals surface area contributed by atoms with Gasteiger partial charge in [0.15, 0.2) is 12.2 Å². The smallest absolute Gasteiger partial charge is 0.462 e. The van der Waals surface area contributed by atoms with Gasteiger partial charge in [0, 0.05) is 25.7 Å². The predicted octanol–water partition coefficient (Wildman–Crippen LogP) is 18.5. The van der Waals surface area contributed by atoms with Crippen molar-refractivity contribution in [2.75, 3.05) is 39.6 Å². The lowest BCUT2D eigenvalue weighted by atomic mass is 10.00. The summed E-state index contributed by atoms with van der Waals surface area (Å²) < 4.78 is 68.1. The van der Waals surface area contributed by atoms with Gasteiger partial charge in [0.1, 0.15) is 19.3 Å². The summed E-state index contributed by atoms with van der Waals surface area (Å²) in [6, 6.07) is 0. The van der Waals surface area contributed by atoms with E-state index in [0.717, 1.165) is 114 Å². The molecule has 0 fully saturated rings. The van der Waals surface area contributed by atoms with Crippen molar-refractivity contribution in [2.24, 2.45) is 23.7 Å². The second-order valence-corrected chi connectivity index (χ2v) is 28.8. The minimum atomic E-state index is -4.95. The normalized spacial score (nSPS) is 14.7. The molecule has 0 aromatic rings. The number of hydrogen-bond donors (Lipinski definition) is 3. The number of esters is 4. The van der Waals surface area contributed by atoms with Crippen molar-refractivity contribution in [3.05, 3.63) is 0 Å². The molecule has 0 aromatic heterocycles. The minimum Gasteiger partial charge on any atom is -0.462 e. The molecule has 17 nitrogen and oxygen atoms in total. The molecule has 0 radical (unpaired) electrons. The Bertz CT molecular complexity index is 1720. The van der Waals surface area contributed by atoms with Crippen molar-refractivity contribution in [3.63, 3.8) is 0 Å². The van der Waals surface area contributed by atoms with Gasteiger partial charge in [0.2, 0.25) is 0 Å². The van der Waals surface area contributed by atoms with E-state index in [1.54, 1.807) is 0 Å². The van der Waals surface area contributed by atoms with Crippen LogP contribution in [0.4, 0.5) is 0 Å². The van der Waals surface area contributed by atoms with Crippen LogP contribution < -0.4 is 0 Å². The standard InChI is InChI=1S/C67H130O17P2/c1-9-60(8)46-38-30-25-26-32-40-48-65(70)78-54-63(83-66(71)49-41-33-23-15-13-11-10-12-14-19-27-35-43-57(2)3)56-82-86(75,76)80-52-61(68)51-79-85(73,74)81-55-62(84-67(72)50-42-34-24-18-21-29-37-45-59(6)7)53-77-64(69)47-39-31-22-17-16-20-28-36-44-58(4)5/h57-63,68H,9-56H2,1-8H3,(H,73,74)(H,75,76)/t60?,61?,62-,63-/m1/s1. The Morgan fingerprint density at radius 3 is 0.826 bits per heavy atom. The van der Waals surface area contributed by atoms with Gasteiger partial charge in [-0.3, -0.25) is 37.3 Å². The van der Waals surface area contributed by atoms with Gasteiger partial charge in [-0.05, 0) is 49.4 Å². The molecule has 0 heterocycles. The van der Waals surface area contributed by atoms with Gasteiger partial charge in [-0.25, -0.2) is 9.13 Å². The molecule has 0 aliphatic heterocycles. The van der Waals surface area contributed by atoms with Crippen LogP contribution in [0.15, 0.2) is 0 Å². The molecule has 0 saturated heterocycles. The highest BCUT2D eigenvalue weighted by atomic mass is 31.2. The van der Waals surface area contributed by atoms with Crippen molar-refractivity contribution in [1.82, 2.24) is 0 Å². The average Bonchev–Trinajstić information content (AvgIpc) is 3.67. The Kier molecular flexibility index (Phi) is 55.7. The van der Waals surface area contributed by atoms with Gasteiger partial charge in [-0.15, -0.1) is 0 Å². The zero-order valence-corrected chi connectivity index (χ0v) is 57.7. The fourth-order valence-corrected chi connectivity index (χ4v) is 11.5. The van der Waals surface area contributed by atoms with E-state index in [2.05, 4.69) is 55.4 Å². The SMILES string of the molecule is CCC(C)CCCCCCCCC(=O)OC[C@H](COP(=O)(O)OCC(O)COP(=O)(O)OC[C@@H](COC(=O)CCCCCCCCCCC(C)C)OC(=O)CCCCCCCCCC(C)C)OC(=O)CCCCCCCCCCCCCCC(C)C. The van der Waals surface area contributed by atoms with Crippen LogP contribution in [0.25, 0.3) is 0 Å². The number of carbonyl (C=O) groups excluding carboxylic acids is 4. The van der Waals surface area contributed by atoms with Crippen molar-refractivity contribution in [3.8, 4) is 0 Å². The largest absolute Gasteiger partial charge is 0.472 e. The number of phosphoric acid groups is 2. The first-order valence-electron chi connectivity index (χ1n) is 34.7. The highest BCUT2D eigenvalue weighted by molar-refractivity contribution is 7.47. The predicted molar refractivity (Wildman–Crippen MR) is 344 cm³/mol. The molecule has 0 aliphatic carbocycles. The number of ether oxygens (including phenoxy) is 4. The van der Waals surface area contributed by atoms with Gasteiger partial charge in [0.05, 0.1) is 26.4 Å². The Labute approximate surface area is 524 Å². The summed E-state index contributed by atoms with van der Waals surface area (Å²) in [6.07, 6.45) is 37.7. The maximum atomic E-state index is 13.0. The number of phosphoric ester groups is 2. The van der Waals surface area contributed by atoms with E-state index in [4.69, 9.17) is 37.0 Å².